The van der Waals surface area contributed by atoms with Gasteiger partial charge in [-0.1, -0.05) is 46.3 Å². The number of hydrogen-bond donors (Lipinski definition) is 0. The van der Waals surface area contributed by atoms with E-state index in [0.29, 0.717) is 5.69 Å². The van der Waals surface area contributed by atoms with Gasteiger partial charge in [0.25, 0.3) is 5.91 Å². The third kappa shape index (κ3) is 5.07. The van der Waals surface area contributed by atoms with Crippen LogP contribution in [0.3, 0.4) is 0 Å². The molecule has 0 radical (unpaired) electrons. The Hall–Kier alpha value is -2.40. The molecule has 2 aromatic carbocycles. The van der Waals surface area contributed by atoms with Crippen LogP contribution in [0, 0.1) is 0 Å². The molecule has 118 valence electrons. The molecule has 0 saturated heterocycles. The van der Waals surface area contributed by atoms with Crippen molar-refractivity contribution in [3.8, 4) is 0 Å². The number of esters is 1. The van der Waals surface area contributed by atoms with Gasteiger partial charge in [0.15, 0.2) is 0 Å². The molecule has 2 aromatic rings. The van der Waals surface area contributed by atoms with Gasteiger partial charge < -0.3 is 4.74 Å². The van der Waals surface area contributed by atoms with E-state index in [1.54, 1.807) is 18.2 Å². The van der Waals surface area contributed by atoms with Crippen LogP contribution in [0.5, 0.6) is 0 Å². The average Bonchev–Trinajstić information content (AvgIpc) is 2.59. The maximum absolute atomic E-state index is 12.5. The molecule has 23 heavy (non-hydrogen) atoms. The Morgan fingerprint density at radius 1 is 1.09 bits per heavy atom. The van der Waals surface area contributed by atoms with Gasteiger partial charge in [0.1, 0.15) is 6.54 Å². The minimum Gasteiger partial charge on any atom is -0.468 e. The molecule has 5 heteroatoms. The summed E-state index contributed by atoms with van der Waals surface area (Å²) in [5.74, 6) is -0.768. The summed E-state index contributed by atoms with van der Waals surface area (Å²) in [4.78, 5) is 25.4. The Kier molecular flexibility index (Phi) is 6.11. The van der Waals surface area contributed by atoms with Crippen molar-refractivity contribution < 1.29 is 14.3 Å². The number of benzene rings is 2. The molecular weight excluding hydrogens is 358 g/mol. The highest BCUT2D eigenvalue weighted by atomic mass is 79.9. The number of methoxy groups -OCH3 is 1. The fourth-order valence-electron chi connectivity index (χ4n) is 1.93. The summed E-state index contributed by atoms with van der Waals surface area (Å²) < 4.78 is 5.57. The van der Waals surface area contributed by atoms with E-state index in [1.165, 1.54) is 18.1 Å². The Morgan fingerprint density at radius 2 is 1.74 bits per heavy atom. The zero-order chi connectivity index (χ0) is 16.7. The Bertz CT molecular complexity index is 696. The van der Waals surface area contributed by atoms with Crippen molar-refractivity contribution in [3.63, 3.8) is 0 Å². The predicted molar refractivity (Wildman–Crippen MR) is 94.0 cm³/mol. The third-order valence-electron chi connectivity index (χ3n) is 3.14. The first-order valence-electron chi connectivity index (χ1n) is 6.97. The van der Waals surface area contributed by atoms with Gasteiger partial charge in [0.2, 0.25) is 0 Å². The van der Waals surface area contributed by atoms with E-state index in [2.05, 4.69) is 20.7 Å². The van der Waals surface area contributed by atoms with Gasteiger partial charge in [-0.15, -0.1) is 0 Å². The predicted octanol–water partition coefficient (Wildman–Crippen LogP) is 3.67. The molecule has 0 aliphatic heterocycles. The summed E-state index contributed by atoms with van der Waals surface area (Å²) in [5, 5.41) is 0. The van der Waals surface area contributed by atoms with Gasteiger partial charge in [-0.25, -0.2) is 0 Å². The van der Waals surface area contributed by atoms with Crippen molar-refractivity contribution in [2.24, 2.45) is 0 Å². The zero-order valence-corrected chi connectivity index (χ0v) is 14.2. The lowest BCUT2D eigenvalue weighted by Crippen LogP contribution is -2.35. The number of ether oxygens (including phenoxy) is 1. The number of amides is 1. The van der Waals surface area contributed by atoms with Gasteiger partial charge in [-0.05, 0) is 35.9 Å². The monoisotopic (exact) mass is 373 g/mol. The molecule has 0 aliphatic carbocycles. The van der Waals surface area contributed by atoms with E-state index in [4.69, 9.17) is 0 Å². The summed E-state index contributed by atoms with van der Waals surface area (Å²) in [6, 6.07) is 16.6. The van der Waals surface area contributed by atoms with Crippen LogP contribution >= 0.6 is 15.9 Å². The van der Waals surface area contributed by atoms with Crippen LogP contribution in [0.4, 0.5) is 5.69 Å². The summed E-state index contributed by atoms with van der Waals surface area (Å²) in [6.07, 6.45) is 3.16. The molecule has 0 aliphatic rings. The molecule has 0 heterocycles. The standard InChI is InChI=1S/C18H16BrNO3/c1-23-18(22)13-20(16-10-8-15(19)9-11-16)17(21)12-7-14-5-3-2-4-6-14/h2-12H,13H2,1H3/b12-7+. The van der Waals surface area contributed by atoms with E-state index < -0.39 is 5.97 Å². The smallest absolute Gasteiger partial charge is 0.325 e. The Morgan fingerprint density at radius 3 is 2.35 bits per heavy atom. The minimum absolute atomic E-state index is 0.143. The van der Waals surface area contributed by atoms with Crippen molar-refractivity contribution in [3.05, 3.63) is 70.7 Å². The number of carbonyl (C=O) groups excluding carboxylic acids is 2. The maximum Gasteiger partial charge on any atom is 0.325 e. The molecule has 0 unspecified atom stereocenters. The summed E-state index contributed by atoms with van der Waals surface area (Å²) >= 11 is 3.35. The fraction of sp³-hybridized carbons (Fsp3) is 0.111. The summed E-state index contributed by atoms with van der Waals surface area (Å²) in [7, 11) is 1.30. The molecule has 0 saturated carbocycles. The van der Waals surface area contributed by atoms with Crippen molar-refractivity contribution in [1.82, 2.24) is 0 Å². The first-order valence-corrected chi connectivity index (χ1v) is 7.76. The van der Waals surface area contributed by atoms with E-state index in [1.807, 2.05) is 42.5 Å². The second-order valence-corrected chi connectivity index (χ2v) is 5.64. The lowest BCUT2D eigenvalue weighted by Gasteiger charge is -2.20. The average molecular weight is 374 g/mol. The van der Waals surface area contributed by atoms with Crippen LogP contribution < -0.4 is 4.90 Å². The maximum atomic E-state index is 12.5. The number of anilines is 1. The van der Waals surface area contributed by atoms with Crippen molar-refractivity contribution in [2.75, 3.05) is 18.6 Å². The second-order valence-electron chi connectivity index (χ2n) is 4.72. The van der Waals surface area contributed by atoms with Gasteiger partial charge in [0, 0.05) is 16.2 Å². The van der Waals surface area contributed by atoms with E-state index in [0.717, 1.165) is 10.0 Å². The lowest BCUT2D eigenvalue weighted by atomic mass is 10.2. The highest BCUT2D eigenvalue weighted by Gasteiger charge is 2.17. The number of hydrogen-bond acceptors (Lipinski definition) is 3. The lowest BCUT2D eigenvalue weighted by molar-refractivity contribution is -0.139. The molecule has 0 fully saturated rings. The van der Waals surface area contributed by atoms with Crippen LogP contribution in [0.2, 0.25) is 0 Å². The largest absolute Gasteiger partial charge is 0.468 e. The first-order chi connectivity index (χ1) is 11.1. The molecular formula is C18H16BrNO3. The van der Waals surface area contributed by atoms with Gasteiger partial charge in [-0.2, -0.15) is 0 Å². The summed E-state index contributed by atoms with van der Waals surface area (Å²) in [6.45, 7) is -0.143. The zero-order valence-electron chi connectivity index (χ0n) is 12.6. The third-order valence-corrected chi connectivity index (χ3v) is 3.67. The molecule has 0 aromatic heterocycles. The van der Waals surface area contributed by atoms with Gasteiger partial charge in [0.05, 0.1) is 7.11 Å². The number of rotatable bonds is 5. The minimum atomic E-state index is -0.477. The quantitative estimate of drug-likeness (QED) is 0.593. The van der Waals surface area contributed by atoms with Crippen LogP contribution in [-0.4, -0.2) is 25.5 Å². The van der Waals surface area contributed by atoms with Crippen molar-refractivity contribution >= 4 is 39.6 Å². The molecule has 0 spiro atoms. The Labute approximate surface area is 143 Å². The van der Waals surface area contributed by atoms with Gasteiger partial charge >= 0.3 is 5.97 Å². The molecule has 1 amide bonds. The van der Waals surface area contributed by atoms with Gasteiger partial charge in [-0.3, -0.25) is 14.5 Å². The number of carbonyl (C=O) groups is 2. The van der Waals surface area contributed by atoms with Crippen LogP contribution in [0.1, 0.15) is 5.56 Å². The molecule has 2 rings (SSSR count). The molecule has 4 nitrogen and oxygen atoms in total. The second kappa shape index (κ2) is 8.29. The molecule has 0 bridgehead atoms. The highest BCUT2D eigenvalue weighted by molar-refractivity contribution is 9.10. The topological polar surface area (TPSA) is 46.6 Å². The molecule has 0 N–H and O–H groups in total. The van der Waals surface area contributed by atoms with Crippen LogP contribution in [0.25, 0.3) is 6.08 Å². The first kappa shape index (κ1) is 17.0. The normalized spacial score (nSPS) is 10.5. The van der Waals surface area contributed by atoms with Crippen molar-refractivity contribution in [1.29, 1.82) is 0 Å². The summed E-state index contributed by atoms with van der Waals surface area (Å²) in [5.41, 5.74) is 1.54. The van der Waals surface area contributed by atoms with E-state index in [9.17, 15) is 9.59 Å². The Balaban J connectivity index is 2.22. The number of halogens is 1. The molecule has 0 atom stereocenters. The van der Waals surface area contributed by atoms with Crippen LogP contribution in [0.15, 0.2) is 65.1 Å². The van der Waals surface area contributed by atoms with E-state index >= 15 is 0 Å². The number of nitrogens with zero attached hydrogens (tertiary/aromatic N) is 1. The fourth-order valence-corrected chi connectivity index (χ4v) is 2.20. The highest BCUT2D eigenvalue weighted by Crippen LogP contribution is 2.19. The SMILES string of the molecule is COC(=O)CN(C(=O)/C=C/c1ccccc1)c1ccc(Br)cc1. The van der Waals surface area contributed by atoms with Crippen LogP contribution in [-0.2, 0) is 14.3 Å². The van der Waals surface area contributed by atoms with E-state index in [-0.39, 0.29) is 12.5 Å². The van der Waals surface area contributed by atoms with Crippen molar-refractivity contribution in [2.45, 2.75) is 0 Å².